The number of guanidine groups is 1. The predicted molar refractivity (Wildman–Crippen MR) is 95.5 cm³/mol. The highest BCUT2D eigenvalue weighted by Gasteiger charge is 2.25. The van der Waals surface area contributed by atoms with Gasteiger partial charge in [0.15, 0.2) is 5.96 Å². The number of nitrogens with zero attached hydrogens (tertiary/aromatic N) is 3. The summed E-state index contributed by atoms with van der Waals surface area (Å²) in [4.78, 5) is 11.1. The van der Waals surface area contributed by atoms with Gasteiger partial charge in [-0.1, -0.05) is 11.6 Å². The molecular weight excluding hydrogens is 314 g/mol. The Morgan fingerprint density at radius 2 is 2.39 bits per heavy atom. The minimum absolute atomic E-state index is 0.331. The molecule has 0 aromatic carbocycles. The maximum Gasteiger partial charge on any atom is 0.191 e. The van der Waals surface area contributed by atoms with Gasteiger partial charge in [-0.05, 0) is 32.4 Å². The Labute approximate surface area is 143 Å². The Morgan fingerprint density at radius 3 is 3.13 bits per heavy atom. The van der Waals surface area contributed by atoms with Crippen LogP contribution in [-0.2, 0) is 4.74 Å². The van der Waals surface area contributed by atoms with Crippen molar-refractivity contribution in [3.63, 3.8) is 0 Å². The lowest BCUT2D eigenvalue weighted by atomic mass is 10.3. The first-order valence-electron chi connectivity index (χ1n) is 8.22. The molecule has 1 atom stereocenters. The molecule has 2 rings (SSSR count). The highest BCUT2D eigenvalue weighted by Crippen LogP contribution is 2.25. The third-order valence-corrected chi connectivity index (χ3v) is 3.92. The second-order valence-corrected chi connectivity index (χ2v) is 5.75. The number of halogens is 1. The van der Waals surface area contributed by atoms with Gasteiger partial charge in [0.2, 0.25) is 0 Å². The van der Waals surface area contributed by atoms with E-state index in [1.165, 1.54) is 0 Å². The molecule has 0 spiro atoms. The van der Waals surface area contributed by atoms with Gasteiger partial charge in [-0.25, -0.2) is 4.98 Å². The SMILES string of the molecule is CCNC(=NCCOCC)NC1CCN(c2ncccc2Cl)C1. The lowest BCUT2D eigenvalue weighted by molar-refractivity contribution is 0.155. The van der Waals surface area contributed by atoms with Crippen molar-refractivity contribution in [3.05, 3.63) is 23.4 Å². The smallest absolute Gasteiger partial charge is 0.191 e. The molecule has 1 aromatic rings. The first kappa shape index (κ1) is 17.8. The molecular formula is C16H26ClN5O. The van der Waals surface area contributed by atoms with E-state index in [1.54, 1.807) is 6.20 Å². The summed E-state index contributed by atoms with van der Waals surface area (Å²) in [5.41, 5.74) is 0. The normalized spacial score (nSPS) is 18.3. The number of aliphatic imine (C=N–C) groups is 1. The molecule has 0 bridgehead atoms. The van der Waals surface area contributed by atoms with Crippen molar-refractivity contribution < 1.29 is 4.74 Å². The maximum absolute atomic E-state index is 6.23. The fraction of sp³-hybridized carbons (Fsp3) is 0.625. The monoisotopic (exact) mass is 339 g/mol. The first-order valence-corrected chi connectivity index (χ1v) is 8.60. The van der Waals surface area contributed by atoms with Gasteiger partial charge in [0, 0.05) is 38.5 Å². The van der Waals surface area contributed by atoms with Crippen LogP contribution in [0.15, 0.2) is 23.3 Å². The van der Waals surface area contributed by atoms with E-state index in [4.69, 9.17) is 16.3 Å². The number of anilines is 1. The van der Waals surface area contributed by atoms with E-state index in [-0.39, 0.29) is 0 Å². The third kappa shape index (κ3) is 5.55. The molecule has 23 heavy (non-hydrogen) atoms. The van der Waals surface area contributed by atoms with Crippen LogP contribution in [0.25, 0.3) is 0 Å². The molecule has 1 aliphatic heterocycles. The standard InChI is InChI=1S/C16H26ClN5O/c1-3-18-16(20-9-11-23-4-2)21-13-7-10-22(12-13)15-14(17)6-5-8-19-15/h5-6,8,13H,3-4,7,9-12H2,1-2H3,(H2,18,20,21). The van der Waals surface area contributed by atoms with Gasteiger partial charge in [-0.2, -0.15) is 0 Å². The summed E-state index contributed by atoms with van der Waals surface area (Å²) in [5, 5.41) is 7.46. The van der Waals surface area contributed by atoms with Crippen LogP contribution in [0.4, 0.5) is 5.82 Å². The molecule has 1 fully saturated rings. The van der Waals surface area contributed by atoms with Crippen molar-refractivity contribution in [2.45, 2.75) is 26.3 Å². The van der Waals surface area contributed by atoms with Gasteiger partial charge in [-0.3, -0.25) is 4.99 Å². The Balaban J connectivity index is 1.88. The van der Waals surface area contributed by atoms with Gasteiger partial charge < -0.3 is 20.3 Å². The van der Waals surface area contributed by atoms with E-state index in [2.05, 4.69) is 32.4 Å². The predicted octanol–water partition coefficient (Wildman–Crippen LogP) is 1.91. The summed E-state index contributed by atoms with van der Waals surface area (Å²) < 4.78 is 5.33. The summed E-state index contributed by atoms with van der Waals surface area (Å²) in [6, 6.07) is 4.06. The zero-order valence-electron chi connectivity index (χ0n) is 13.9. The quantitative estimate of drug-likeness (QED) is 0.451. The molecule has 0 radical (unpaired) electrons. The van der Waals surface area contributed by atoms with Gasteiger partial charge in [0.05, 0.1) is 18.2 Å². The van der Waals surface area contributed by atoms with E-state index < -0.39 is 0 Å². The van der Waals surface area contributed by atoms with Crippen molar-refractivity contribution in [2.75, 3.05) is 44.3 Å². The minimum Gasteiger partial charge on any atom is -0.380 e. The van der Waals surface area contributed by atoms with Crippen molar-refractivity contribution in [2.24, 2.45) is 4.99 Å². The van der Waals surface area contributed by atoms with Gasteiger partial charge >= 0.3 is 0 Å². The van der Waals surface area contributed by atoms with Crippen LogP contribution in [0, 0.1) is 0 Å². The van der Waals surface area contributed by atoms with Crippen molar-refractivity contribution >= 4 is 23.4 Å². The van der Waals surface area contributed by atoms with Crippen molar-refractivity contribution in [1.82, 2.24) is 15.6 Å². The maximum atomic E-state index is 6.23. The van der Waals surface area contributed by atoms with Crippen LogP contribution in [0.2, 0.25) is 5.02 Å². The second-order valence-electron chi connectivity index (χ2n) is 5.34. The molecule has 2 heterocycles. The Bertz CT molecular complexity index is 511. The van der Waals surface area contributed by atoms with Crippen molar-refractivity contribution in [1.29, 1.82) is 0 Å². The Kier molecular flexibility index (Phi) is 7.42. The average molecular weight is 340 g/mol. The van der Waals surface area contributed by atoms with Crippen molar-refractivity contribution in [3.8, 4) is 0 Å². The van der Waals surface area contributed by atoms with E-state index in [0.29, 0.717) is 24.2 Å². The lowest BCUT2D eigenvalue weighted by Crippen LogP contribution is -2.44. The van der Waals surface area contributed by atoms with Crippen LogP contribution < -0.4 is 15.5 Å². The third-order valence-electron chi connectivity index (χ3n) is 3.62. The molecule has 0 aliphatic carbocycles. The zero-order valence-corrected chi connectivity index (χ0v) is 14.6. The fourth-order valence-corrected chi connectivity index (χ4v) is 2.80. The summed E-state index contributed by atoms with van der Waals surface area (Å²) in [6.45, 7) is 8.72. The number of rotatable bonds is 7. The molecule has 1 aliphatic rings. The van der Waals surface area contributed by atoms with Crippen LogP contribution in [0.5, 0.6) is 0 Å². The molecule has 7 heteroatoms. The molecule has 128 valence electrons. The van der Waals surface area contributed by atoms with E-state index >= 15 is 0 Å². The summed E-state index contributed by atoms with van der Waals surface area (Å²) in [5.74, 6) is 1.70. The summed E-state index contributed by atoms with van der Waals surface area (Å²) in [7, 11) is 0. The molecule has 0 saturated carbocycles. The van der Waals surface area contributed by atoms with Crippen LogP contribution in [0.1, 0.15) is 20.3 Å². The fourth-order valence-electron chi connectivity index (χ4n) is 2.56. The first-order chi connectivity index (χ1) is 11.2. The van der Waals surface area contributed by atoms with E-state index in [0.717, 1.165) is 44.4 Å². The molecule has 2 N–H and O–H groups in total. The van der Waals surface area contributed by atoms with Crippen LogP contribution in [0.3, 0.4) is 0 Å². The number of hydrogen-bond donors (Lipinski definition) is 2. The Morgan fingerprint density at radius 1 is 1.52 bits per heavy atom. The lowest BCUT2D eigenvalue weighted by Gasteiger charge is -2.20. The number of pyridine rings is 1. The minimum atomic E-state index is 0.331. The van der Waals surface area contributed by atoms with E-state index in [9.17, 15) is 0 Å². The highest BCUT2D eigenvalue weighted by molar-refractivity contribution is 6.32. The van der Waals surface area contributed by atoms with Gasteiger partial charge in [0.1, 0.15) is 5.82 Å². The average Bonchev–Trinajstić information content (AvgIpc) is 3.00. The summed E-state index contributed by atoms with van der Waals surface area (Å²) >= 11 is 6.23. The zero-order chi connectivity index (χ0) is 16.5. The number of ether oxygens (including phenoxy) is 1. The number of nitrogens with one attached hydrogen (secondary N) is 2. The van der Waals surface area contributed by atoms with Gasteiger partial charge in [-0.15, -0.1) is 0 Å². The molecule has 1 unspecified atom stereocenters. The Hall–Kier alpha value is -1.53. The molecule has 1 aromatic heterocycles. The largest absolute Gasteiger partial charge is 0.380 e. The van der Waals surface area contributed by atoms with Crippen LogP contribution >= 0.6 is 11.6 Å². The van der Waals surface area contributed by atoms with Crippen LogP contribution in [-0.4, -0.2) is 56.4 Å². The topological polar surface area (TPSA) is 61.8 Å². The second kappa shape index (κ2) is 9.57. The molecule has 6 nitrogen and oxygen atoms in total. The van der Waals surface area contributed by atoms with Gasteiger partial charge in [0.25, 0.3) is 0 Å². The molecule has 0 amide bonds. The molecule has 1 saturated heterocycles. The number of aromatic nitrogens is 1. The number of hydrogen-bond acceptors (Lipinski definition) is 4. The highest BCUT2D eigenvalue weighted by atomic mass is 35.5. The van der Waals surface area contributed by atoms with E-state index in [1.807, 2.05) is 19.1 Å². The summed E-state index contributed by atoms with van der Waals surface area (Å²) in [6.07, 6.45) is 2.81.